The highest BCUT2D eigenvalue weighted by Gasteiger charge is 2.35. The Morgan fingerprint density at radius 2 is 1.77 bits per heavy atom. The number of nitrogens with one attached hydrogen (secondary N) is 1. The van der Waals surface area contributed by atoms with E-state index < -0.39 is 0 Å². The van der Waals surface area contributed by atoms with Crippen molar-refractivity contribution in [2.45, 2.75) is 26.7 Å². The maximum absolute atomic E-state index is 13.0. The fourth-order valence-electron chi connectivity index (χ4n) is 4.13. The van der Waals surface area contributed by atoms with E-state index in [1.54, 1.807) is 4.90 Å². The van der Waals surface area contributed by atoms with Crippen LogP contribution in [0.4, 0.5) is 5.69 Å². The van der Waals surface area contributed by atoms with Gasteiger partial charge in [-0.2, -0.15) is 0 Å². The van der Waals surface area contributed by atoms with E-state index in [0.717, 1.165) is 36.6 Å². The van der Waals surface area contributed by atoms with E-state index in [4.69, 9.17) is 12.2 Å². The molecule has 0 atom stereocenters. The minimum absolute atomic E-state index is 0.0387. The van der Waals surface area contributed by atoms with Gasteiger partial charge in [0.1, 0.15) is 0 Å². The Kier molecular flexibility index (Phi) is 6.80. The van der Waals surface area contributed by atoms with E-state index in [0.29, 0.717) is 16.9 Å². The standard InChI is InChI=1S/C25H29N3OS2/c1-18(2)21-10-8-20(9-11-21)16-23-24(29)28(25(30)31-23)17-26-12-14-27(15-13-26)22-7-5-4-6-19(22)3/h4-11,16,18H,12-15,17H2,1-3H3/p+1/b23-16-. The van der Waals surface area contributed by atoms with Crippen LogP contribution in [0.5, 0.6) is 0 Å². The van der Waals surface area contributed by atoms with Crippen molar-refractivity contribution in [2.24, 2.45) is 0 Å². The first-order valence-electron chi connectivity index (χ1n) is 10.9. The number of carbonyl (C=O) groups is 1. The first kappa shape index (κ1) is 22.1. The van der Waals surface area contributed by atoms with Crippen molar-refractivity contribution >= 4 is 46.0 Å². The molecule has 31 heavy (non-hydrogen) atoms. The Bertz CT molecular complexity index is 992. The fraction of sp³-hybridized carbons (Fsp3) is 0.360. The second-order valence-electron chi connectivity index (χ2n) is 8.61. The molecule has 4 nitrogen and oxygen atoms in total. The number of thiocarbonyl (C=S) groups is 1. The molecular weight excluding hydrogens is 422 g/mol. The third-order valence-electron chi connectivity index (χ3n) is 6.08. The number of aryl methyl sites for hydroxylation is 1. The lowest BCUT2D eigenvalue weighted by Crippen LogP contribution is -3.16. The van der Waals surface area contributed by atoms with Crippen LogP contribution in [0.15, 0.2) is 53.4 Å². The van der Waals surface area contributed by atoms with Gasteiger partial charge in [-0.1, -0.05) is 80.3 Å². The molecule has 1 amide bonds. The lowest BCUT2D eigenvalue weighted by molar-refractivity contribution is -0.907. The highest BCUT2D eigenvalue weighted by atomic mass is 32.2. The molecule has 0 saturated carbocycles. The fourth-order valence-corrected chi connectivity index (χ4v) is 5.38. The molecule has 2 heterocycles. The third-order valence-corrected chi connectivity index (χ3v) is 7.46. The summed E-state index contributed by atoms with van der Waals surface area (Å²) in [6.07, 6.45) is 1.97. The summed E-state index contributed by atoms with van der Waals surface area (Å²) in [5, 5.41) is 0. The van der Waals surface area contributed by atoms with Crippen LogP contribution < -0.4 is 9.80 Å². The van der Waals surface area contributed by atoms with Gasteiger partial charge in [0.05, 0.1) is 31.1 Å². The zero-order valence-electron chi connectivity index (χ0n) is 18.4. The van der Waals surface area contributed by atoms with Crippen LogP contribution in [-0.2, 0) is 4.79 Å². The molecule has 6 heteroatoms. The number of thioether (sulfide) groups is 1. The monoisotopic (exact) mass is 452 g/mol. The molecule has 2 fully saturated rings. The Morgan fingerprint density at radius 3 is 2.42 bits per heavy atom. The van der Waals surface area contributed by atoms with Crippen molar-refractivity contribution in [3.8, 4) is 0 Å². The van der Waals surface area contributed by atoms with Crippen LogP contribution in [0.1, 0.15) is 36.5 Å². The molecule has 0 radical (unpaired) electrons. The van der Waals surface area contributed by atoms with Gasteiger partial charge in [-0.15, -0.1) is 0 Å². The quantitative estimate of drug-likeness (QED) is 0.553. The Hall–Kier alpha value is -2.15. The van der Waals surface area contributed by atoms with Crippen molar-refractivity contribution in [1.29, 1.82) is 0 Å². The summed E-state index contributed by atoms with van der Waals surface area (Å²) >= 11 is 6.97. The molecule has 2 aliphatic rings. The molecule has 0 spiro atoms. The molecule has 1 N–H and O–H groups in total. The summed E-state index contributed by atoms with van der Waals surface area (Å²) in [7, 11) is 0. The molecule has 162 valence electrons. The lowest BCUT2D eigenvalue weighted by atomic mass is 10.0. The van der Waals surface area contributed by atoms with Crippen LogP contribution >= 0.6 is 24.0 Å². The summed E-state index contributed by atoms with van der Waals surface area (Å²) in [6.45, 7) is 11.2. The molecule has 0 aromatic heterocycles. The van der Waals surface area contributed by atoms with Gasteiger partial charge < -0.3 is 9.80 Å². The van der Waals surface area contributed by atoms with Crippen molar-refractivity contribution in [3.63, 3.8) is 0 Å². The summed E-state index contributed by atoms with van der Waals surface area (Å²) in [4.78, 5) is 19.4. The second-order valence-corrected chi connectivity index (χ2v) is 10.3. The van der Waals surface area contributed by atoms with Crippen LogP contribution in [0.3, 0.4) is 0 Å². The third kappa shape index (κ3) is 5.03. The molecule has 0 unspecified atom stereocenters. The maximum atomic E-state index is 13.0. The first-order chi connectivity index (χ1) is 14.9. The predicted molar refractivity (Wildman–Crippen MR) is 134 cm³/mol. The van der Waals surface area contributed by atoms with Crippen LogP contribution in [0.2, 0.25) is 0 Å². The molecule has 2 aromatic carbocycles. The molecule has 2 saturated heterocycles. The number of rotatable bonds is 5. The lowest BCUT2D eigenvalue weighted by Gasteiger charge is -2.35. The Balaban J connectivity index is 1.37. The number of anilines is 1. The van der Waals surface area contributed by atoms with Gasteiger partial charge in [0.15, 0.2) is 11.0 Å². The van der Waals surface area contributed by atoms with Crippen molar-refractivity contribution in [2.75, 3.05) is 37.7 Å². The molecule has 0 bridgehead atoms. The van der Waals surface area contributed by atoms with Gasteiger partial charge >= 0.3 is 0 Å². The number of hydrogen-bond donors (Lipinski definition) is 1. The molecule has 2 aromatic rings. The van der Waals surface area contributed by atoms with E-state index in [9.17, 15) is 4.79 Å². The largest absolute Gasteiger partial charge is 0.360 e. The number of quaternary nitrogens is 1. The van der Waals surface area contributed by atoms with E-state index in [2.05, 4.69) is 74.2 Å². The number of benzene rings is 2. The summed E-state index contributed by atoms with van der Waals surface area (Å²) < 4.78 is 0.670. The van der Waals surface area contributed by atoms with E-state index in [1.165, 1.54) is 33.5 Å². The number of hydrogen-bond acceptors (Lipinski definition) is 4. The summed E-state index contributed by atoms with van der Waals surface area (Å²) in [5.74, 6) is 0.540. The minimum atomic E-state index is 0.0387. The van der Waals surface area contributed by atoms with Crippen molar-refractivity contribution in [1.82, 2.24) is 4.90 Å². The zero-order valence-corrected chi connectivity index (χ0v) is 20.1. The van der Waals surface area contributed by atoms with Gasteiger partial charge in [-0.25, -0.2) is 4.90 Å². The Morgan fingerprint density at radius 1 is 1.10 bits per heavy atom. The van der Waals surface area contributed by atoms with Crippen LogP contribution in [-0.4, -0.2) is 48.0 Å². The van der Waals surface area contributed by atoms with Crippen molar-refractivity contribution < 1.29 is 9.69 Å². The number of carbonyl (C=O) groups excluding carboxylic acids is 1. The first-order valence-corrected chi connectivity index (χ1v) is 12.1. The normalized spacial score (nSPS) is 19.2. The number of piperazine rings is 1. The molecule has 0 aliphatic carbocycles. The smallest absolute Gasteiger partial charge is 0.270 e. The van der Waals surface area contributed by atoms with Crippen molar-refractivity contribution in [3.05, 3.63) is 70.1 Å². The molecule has 2 aliphatic heterocycles. The molecule has 4 rings (SSSR count). The summed E-state index contributed by atoms with van der Waals surface area (Å²) in [6, 6.07) is 17.0. The van der Waals surface area contributed by atoms with Gasteiger partial charge in [0.25, 0.3) is 5.91 Å². The number of nitrogens with zero attached hydrogens (tertiary/aromatic N) is 2. The van der Waals surface area contributed by atoms with Gasteiger partial charge in [0, 0.05) is 5.69 Å². The average Bonchev–Trinajstić information content (AvgIpc) is 3.02. The van der Waals surface area contributed by atoms with Crippen LogP contribution in [0.25, 0.3) is 6.08 Å². The van der Waals surface area contributed by atoms with Crippen LogP contribution in [0, 0.1) is 6.92 Å². The zero-order chi connectivity index (χ0) is 22.0. The maximum Gasteiger partial charge on any atom is 0.270 e. The Labute approximate surface area is 194 Å². The van der Waals surface area contributed by atoms with E-state index in [1.807, 2.05) is 6.08 Å². The number of amides is 1. The molecular formula is C25H30N3OS2+. The van der Waals surface area contributed by atoms with Gasteiger partial charge in [0.2, 0.25) is 0 Å². The highest BCUT2D eigenvalue weighted by Crippen LogP contribution is 2.32. The topological polar surface area (TPSA) is 28.0 Å². The average molecular weight is 453 g/mol. The van der Waals surface area contributed by atoms with E-state index in [-0.39, 0.29) is 5.91 Å². The second kappa shape index (κ2) is 9.55. The SMILES string of the molecule is Cc1ccccc1N1CC[NH+](CN2C(=O)/C(=C/c3ccc(C(C)C)cc3)SC2=S)CC1. The summed E-state index contributed by atoms with van der Waals surface area (Å²) in [5.41, 5.74) is 4.98. The van der Waals surface area contributed by atoms with Gasteiger partial charge in [-0.05, 0) is 41.7 Å². The highest BCUT2D eigenvalue weighted by molar-refractivity contribution is 8.26. The van der Waals surface area contributed by atoms with E-state index >= 15 is 0 Å². The minimum Gasteiger partial charge on any atom is -0.360 e. The number of para-hydroxylation sites is 1. The predicted octanol–water partition coefficient (Wildman–Crippen LogP) is 3.68. The van der Waals surface area contributed by atoms with Gasteiger partial charge in [-0.3, -0.25) is 4.79 Å².